The molecule has 0 aliphatic rings. The lowest BCUT2D eigenvalue weighted by atomic mass is 10.3. The monoisotopic (exact) mass is 393 g/mol. The topological polar surface area (TPSA) is 83.5 Å². The largest absolute Gasteiger partial charge is 0.477 e. The number of hydrogen-bond acceptors (Lipinski definition) is 3. The molecule has 0 fully saturated rings. The van der Waals surface area contributed by atoms with Gasteiger partial charge in [0.15, 0.2) is 6.54 Å². The maximum Gasteiger partial charge on any atom is 0.461 e. The maximum atomic E-state index is 13.1. The Labute approximate surface area is 132 Å². The van der Waals surface area contributed by atoms with Gasteiger partial charge in [-0.1, -0.05) is 0 Å². The maximum absolute atomic E-state index is 13.1. The molecular formula is C10H16F7N2O4S+. The molecule has 0 saturated heterocycles. The van der Waals surface area contributed by atoms with Crippen molar-refractivity contribution in [2.75, 3.05) is 33.7 Å². The predicted molar refractivity (Wildman–Crippen MR) is 67.0 cm³/mol. The molecule has 0 atom stereocenters. The number of sulfonamides is 1. The molecule has 0 aromatic heterocycles. The van der Waals surface area contributed by atoms with Crippen LogP contribution in [0.5, 0.6) is 0 Å². The zero-order valence-electron chi connectivity index (χ0n) is 12.5. The molecule has 0 bridgehead atoms. The fourth-order valence-corrected chi connectivity index (χ4v) is 2.63. The summed E-state index contributed by atoms with van der Waals surface area (Å²) in [6.45, 7) is -1.32. The van der Waals surface area contributed by atoms with Gasteiger partial charge in [0.2, 0.25) is 0 Å². The highest BCUT2D eigenvalue weighted by molar-refractivity contribution is 7.90. The first kappa shape index (κ1) is 22.9. The second-order valence-electron chi connectivity index (χ2n) is 5.55. The third-order valence-electron chi connectivity index (χ3n) is 2.85. The zero-order valence-corrected chi connectivity index (χ0v) is 13.3. The van der Waals surface area contributed by atoms with Crippen LogP contribution in [-0.4, -0.2) is 75.1 Å². The number of nitrogens with zero attached hydrogens (tertiary/aromatic N) is 1. The van der Waals surface area contributed by atoms with E-state index in [1.54, 1.807) is 0 Å². The molecular weight excluding hydrogens is 377 g/mol. The molecule has 0 aliphatic heterocycles. The molecule has 14 heteroatoms. The lowest BCUT2D eigenvalue weighted by molar-refractivity contribution is -0.883. The van der Waals surface area contributed by atoms with E-state index in [0.717, 1.165) is 4.72 Å². The normalized spacial score (nSPS) is 14.7. The lowest BCUT2D eigenvalue weighted by Crippen LogP contribution is -2.59. The molecule has 0 aromatic carbocycles. The first-order valence-corrected chi connectivity index (χ1v) is 7.71. The van der Waals surface area contributed by atoms with E-state index in [2.05, 4.69) is 0 Å². The predicted octanol–water partition coefficient (Wildman–Crippen LogP) is 1.25. The summed E-state index contributed by atoms with van der Waals surface area (Å²) in [6, 6.07) is 0. The van der Waals surface area contributed by atoms with Gasteiger partial charge >= 0.3 is 23.3 Å². The highest BCUT2D eigenvalue weighted by atomic mass is 32.2. The molecule has 0 aromatic rings. The van der Waals surface area contributed by atoms with E-state index >= 15 is 0 Å². The summed E-state index contributed by atoms with van der Waals surface area (Å²) in [5.41, 5.74) is 0. The Balaban J connectivity index is 4.91. The number of carboxylic acid groups (broad SMARTS) is 1. The van der Waals surface area contributed by atoms with Crippen LogP contribution in [0.2, 0.25) is 0 Å². The van der Waals surface area contributed by atoms with Crippen molar-refractivity contribution in [2.45, 2.75) is 23.8 Å². The van der Waals surface area contributed by atoms with Crippen molar-refractivity contribution < 1.29 is 53.5 Å². The van der Waals surface area contributed by atoms with E-state index in [9.17, 15) is 43.9 Å². The second-order valence-corrected chi connectivity index (χ2v) is 7.36. The van der Waals surface area contributed by atoms with Gasteiger partial charge in [0, 0.05) is 13.0 Å². The van der Waals surface area contributed by atoms with Gasteiger partial charge in [-0.3, -0.25) is 0 Å². The van der Waals surface area contributed by atoms with Crippen molar-refractivity contribution in [3.8, 4) is 0 Å². The van der Waals surface area contributed by atoms with Crippen LogP contribution < -0.4 is 4.72 Å². The van der Waals surface area contributed by atoms with Crippen LogP contribution in [0.15, 0.2) is 0 Å². The van der Waals surface area contributed by atoms with E-state index in [1.807, 2.05) is 0 Å². The van der Waals surface area contributed by atoms with Crippen molar-refractivity contribution >= 4 is 16.0 Å². The van der Waals surface area contributed by atoms with Crippen molar-refractivity contribution in [2.24, 2.45) is 0 Å². The van der Waals surface area contributed by atoms with Crippen molar-refractivity contribution in [1.82, 2.24) is 4.72 Å². The quantitative estimate of drug-likeness (QED) is 0.351. The molecule has 2 N–H and O–H groups in total. The Morgan fingerprint density at radius 1 is 1.08 bits per heavy atom. The van der Waals surface area contributed by atoms with E-state index in [-0.39, 0.29) is 17.4 Å². The van der Waals surface area contributed by atoms with Crippen LogP contribution in [0.25, 0.3) is 0 Å². The average Bonchev–Trinajstić information content (AvgIpc) is 2.31. The highest BCUT2D eigenvalue weighted by Gasteiger charge is 2.78. The first-order chi connectivity index (χ1) is 10.4. The average molecular weight is 393 g/mol. The summed E-state index contributed by atoms with van der Waals surface area (Å²) in [5, 5.41) is 2.19. The number of nitrogens with one attached hydrogen (secondary N) is 1. The van der Waals surface area contributed by atoms with Crippen molar-refractivity contribution in [1.29, 1.82) is 0 Å². The summed E-state index contributed by atoms with van der Waals surface area (Å²) in [4.78, 5) is 10.5. The molecule has 0 amide bonds. The van der Waals surface area contributed by atoms with E-state index in [1.165, 1.54) is 14.1 Å². The minimum absolute atomic E-state index is 0.0595. The minimum Gasteiger partial charge on any atom is -0.477 e. The molecule has 0 rings (SSSR count). The molecule has 0 spiro atoms. The van der Waals surface area contributed by atoms with Gasteiger partial charge in [-0.05, 0) is 0 Å². The van der Waals surface area contributed by atoms with E-state index in [0.29, 0.717) is 0 Å². The Morgan fingerprint density at radius 3 is 1.92 bits per heavy atom. The number of halogens is 7. The third kappa shape index (κ3) is 5.17. The van der Waals surface area contributed by atoms with Crippen LogP contribution in [0.3, 0.4) is 0 Å². The van der Waals surface area contributed by atoms with E-state index < -0.39 is 46.4 Å². The van der Waals surface area contributed by atoms with Crippen LogP contribution in [0.1, 0.15) is 6.42 Å². The fraction of sp³-hybridized carbons (Fsp3) is 0.900. The molecule has 0 aliphatic carbocycles. The molecule has 6 nitrogen and oxygen atoms in total. The summed E-state index contributed by atoms with van der Waals surface area (Å²) in [7, 11) is -3.49. The number of carboxylic acids is 1. The van der Waals surface area contributed by atoms with Gasteiger partial charge in [0.1, 0.15) is 0 Å². The van der Waals surface area contributed by atoms with Crippen LogP contribution >= 0.6 is 0 Å². The van der Waals surface area contributed by atoms with Crippen molar-refractivity contribution in [3.63, 3.8) is 0 Å². The number of hydrogen-bond donors (Lipinski definition) is 2. The highest BCUT2D eigenvalue weighted by Crippen LogP contribution is 2.48. The molecule has 0 saturated carbocycles. The van der Waals surface area contributed by atoms with E-state index in [4.69, 9.17) is 5.11 Å². The summed E-state index contributed by atoms with van der Waals surface area (Å²) >= 11 is 0. The van der Waals surface area contributed by atoms with Gasteiger partial charge in [-0.25, -0.2) is 17.9 Å². The number of carbonyl (C=O) groups is 1. The molecule has 0 heterocycles. The lowest BCUT2D eigenvalue weighted by Gasteiger charge is -2.29. The fourth-order valence-electron chi connectivity index (χ4n) is 1.58. The summed E-state index contributed by atoms with van der Waals surface area (Å²) in [6.07, 6.45) is -7.03. The Hall–Kier alpha value is -1.15. The van der Waals surface area contributed by atoms with Gasteiger partial charge in [0.05, 0.1) is 20.6 Å². The smallest absolute Gasteiger partial charge is 0.461 e. The Bertz CT molecular complexity index is 560. The molecule has 24 heavy (non-hydrogen) atoms. The molecule has 144 valence electrons. The Morgan fingerprint density at radius 2 is 1.54 bits per heavy atom. The molecule has 0 radical (unpaired) electrons. The number of alkyl halides is 7. The Kier molecular flexibility index (Phi) is 6.66. The number of rotatable bonds is 9. The SMILES string of the molecule is C[N+](C)(CCCNS(=O)(=O)C(F)(F)C(F)(F)C(F)(F)F)CC(=O)O. The first-order valence-electron chi connectivity index (χ1n) is 6.23. The van der Waals surface area contributed by atoms with Gasteiger partial charge in [-0.15, -0.1) is 0 Å². The number of likely N-dealkylation sites (N-methyl/N-ethyl adjacent to an activating group) is 1. The summed E-state index contributed by atoms with van der Waals surface area (Å²) in [5.74, 6) is -7.97. The van der Waals surface area contributed by atoms with Crippen LogP contribution in [0, 0.1) is 0 Å². The van der Waals surface area contributed by atoms with Crippen molar-refractivity contribution in [3.05, 3.63) is 0 Å². The van der Waals surface area contributed by atoms with Gasteiger partial charge in [0.25, 0.3) is 10.0 Å². The van der Waals surface area contributed by atoms with Gasteiger partial charge < -0.3 is 9.59 Å². The second kappa shape index (κ2) is 7.00. The summed E-state index contributed by atoms with van der Waals surface area (Å²) < 4.78 is 110. The zero-order chi connectivity index (χ0) is 19.6. The third-order valence-corrected chi connectivity index (χ3v) is 4.37. The van der Waals surface area contributed by atoms with Gasteiger partial charge in [-0.2, -0.15) is 30.7 Å². The number of aliphatic carboxylic acids is 1. The standard InChI is InChI=1S/C10H15F7N2O4S/c1-19(2,6-7(20)21)5-3-4-18-24(22,23)10(16,17)8(11,12)9(13,14)15/h18H,3-6H2,1-2H3/p+1. The number of quaternary nitrogens is 1. The van der Waals surface area contributed by atoms with Crippen LogP contribution in [0.4, 0.5) is 30.7 Å². The molecule has 0 unspecified atom stereocenters. The minimum atomic E-state index is -6.77. The van der Waals surface area contributed by atoms with Crippen LogP contribution in [-0.2, 0) is 14.8 Å².